The summed E-state index contributed by atoms with van der Waals surface area (Å²) in [7, 11) is 1.00. The Morgan fingerprint density at radius 1 is 0.882 bits per heavy atom. The zero-order valence-electron chi connectivity index (χ0n) is 38.0. The van der Waals surface area contributed by atoms with E-state index in [1.165, 1.54) is 5.59 Å². The maximum absolute atomic E-state index is 11.3. The Bertz CT molecular complexity index is 1830. The molecule has 6 aliphatic heterocycles. The number of terminal acetylenes is 1. The number of aliphatic hydroxyl groups excluding tert-OH is 1. The third-order valence-electron chi connectivity index (χ3n) is 8.59. The number of quaternary nitrogens is 1. The Hall–Kier alpha value is -5.56. The van der Waals surface area contributed by atoms with E-state index in [1.54, 1.807) is 36.6 Å². The van der Waals surface area contributed by atoms with Crippen molar-refractivity contribution in [3.8, 4) is 12.3 Å². The number of esters is 2. The topological polar surface area (TPSA) is 390 Å². The number of rotatable bonds is 7. The van der Waals surface area contributed by atoms with Gasteiger partial charge in [0.25, 0.3) is 0 Å². The molecule has 0 bridgehead atoms. The number of nitroso groups, excluding NO2 is 1. The summed E-state index contributed by atoms with van der Waals surface area (Å²) in [6.07, 6.45) is 5.39. The van der Waals surface area contributed by atoms with Crippen LogP contribution >= 0.6 is 0 Å². The van der Waals surface area contributed by atoms with Crippen LogP contribution in [0.4, 0.5) is 0 Å². The van der Waals surface area contributed by atoms with Gasteiger partial charge in [0, 0.05) is 19.6 Å². The quantitative estimate of drug-likeness (QED) is 0.0252. The number of nitrogens with zero attached hydrogens (tertiary/aromatic N) is 8. The third kappa shape index (κ3) is 23.4. The number of carboxylic acids is 2. The molecule has 30 nitrogen and oxygen atoms in total. The summed E-state index contributed by atoms with van der Waals surface area (Å²) >= 11 is 0. The minimum absolute atomic E-state index is 0. The van der Waals surface area contributed by atoms with Gasteiger partial charge in [-0.05, 0) is 26.0 Å². The van der Waals surface area contributed by atoms with Crippen molar-refractivity contribution in [2.24, 2.45) is 10.6 Å². The molecule has 0 amide bonds. The van der Waals surface area contributed by atoms with Gasteiger partial charge in [0.2, 0.25) is 0 Å². The van der Waals surface area contributed by atoms with Gasteiger partial charge in [-0.2, -0.15) is 10.2 Å². The van der Waals surface area contributed by atoms with Gasteiger partial charge in [-0.25, -0.2) is 24.2 Å². The number of hydrogen-bond donors (Lipinski definition) is 5. The summed E-state index contributed by atoms with van der Waals surface area (Å²) in [4.78, 5) is 85.7. The maximum Gasteiger partial charge on any atom is 1.00 e. The first-order valence-corrected chi connectivity index (χ1v) is 20.1. The minimum Gasteiger partial charge on any atom is -0.480 e. The second kappa shape index (κ2) is 37.4. The number of aliphatic hydroxyl groups is 1. The monoisotopic (exact) mass is 983 g/mol. The minimum atomic E-state index is -1.08. The summed E-state index contributed by atoms with van der Waals surface area (Å²) in [5.74, 6) is -1.27. The summed E-state index contributed by atoms with van der Waals surface area (Å²) in [5, 5.41) is 49.3. The average molecular weight is 984 g/mol. The Labute approximate surface area is 410 Å². The van der Waals surface area contributed by atoms with Crippen molar-refractivity contribution in [2.45, 2.75) is 58.3 Å². The normalized spacial score (nSPS) is 19.2. The number of aliphatic carboxylic acids is 2. The average Bonchev–Trinajstić information content (AvgIpc) is 4.11. The van der Waals surface area contributed by atoms with Gasteiger partial charge in [-0.15, -0.1) is 16.7 Å². The molecule has 0 aliphatic carbocycles. The molecule has 3 atom stereocenters. The molecule has 8 rings (SSSR count). The Balaban J connectivity index is 0.000000782. The first kappa shape index (κ1) is 62.4. The van der Waals surface area contributed by atoms with E-state index in [0.717, 1.165) is 48.2 Å². The van der Waals surface area contributed by atoms with Gasteiger partial charge in [-0.1, -0.05) is 10.6 Å². The number of fused-ring (bicyclic) bond motifs is 3. The summed E-state index contributed by atoms with van der Waals surface area (Å²) < 4.78 is 38.0. The number of aldehydes is 1. The number of carbonyl (C=O) groups is 6. The SMILES string of the molecule is C#CC(=O)OCC.CCOC(=O)c1cc2n(n1)CCOC2.CO.O=C(O)C1COCCN1.O=C1O[NH2+]N2CCOCC12.O=Cc1cc2n(n1)CCOC2.O=NN1CCOCC1C(=O)O.O=N[O-].[Na+]. The van der Waals surface area contributed by atoms with Crippen molar-refractivity contribution >= 4 is 36.1 Å². The molecule has 3 unspecified atom stereocenters. The largest absolute Gasteiger partial charge is 1.00 e. The summed E-state index contributed by atoms with van der Waals surface area (Å²) in [6.45, 7) is 12.2. The van der Waals surface area contributed by atoms with E-state index in [9.17, 15) is 33.7 Å². The molecule has 0 saturated carbocycles. The molecule has 0 aromatic carbocycles. The molecule has 0 radical (unpaired) electrons. The van der Waals surface area contributed by atoms with Crippen LogP contribution in [0.15, 0.2) is 22.8 Å². The molecule has 6 N–H and O–H groups in total. The molecular weight excluding hydrogens is 927 g/mol. The summed E-state index contributed by atoms with van der Waals surface area (Å²) in [5.41, 5.74) is 4.26. The fourth-order valence-corrected chi connectivity index (χ4v) is 5.50. The van der Waals surface area contributed by atoms with Crippen LogP contribution in [-0.4, -0.2) is 192 Å². The van der Waals surface area contributed by atoms with Gasteiger partial charge in [0.15, 0.2) is 24.1 Å². The number of aromatic nitrogens is 4. The smallest absolute Gasteiger partial charge is 0.480 e. The van der Waals surface area contributed by atoms with Crippen molar-refractivity contribution in [3.05, 3.63) is 49.9 Å². The predicted octanol–water partition coefficient (Wildman–Crippen LogP) is -5.99. The molecule has 374 valence electrons. The van der Waals surface area contributed by atoms with E-state index in [-0.39, 0.29) is 67.3 Å². The van der Waals surface area contributed by atoms with Crippen molar-refractivity contribution in [1.82, 2.24) is 34.9 Å². The summed E-state index contributed by atoms with van der Waals surface area (Å²) in [6, 6.07) is 1.89. The number of nitrogens with one attached hydrogen (secondary N) is 1. The standard InChI is InChI=1S/C9H12N2O3.C7H8N2O2.C5H8N2O4.C5H8N2O3.C5H9NO3.C5H6O2.CH4O.HNO2.Na/c1-2-14-9(12)8-5-7-6-13-4-3-11(7)10-8;10-4-6-3-7-5-11-2-1-9(7)8-6;8-5(9)4-3-11-2-1-7(4)6-10;8-5-4-3-9-2-1-7(4)6-10-5;7-5(8)4-3-9-2-1-6-4;1-3-5(6)7-4-2;1-2;2-1-3;/h5H,2-4,6H2,1H3;3-4H,1-2,5H2;4H,1-3H2,(H,8,9);4,6H,1-3H2;4,6H,1-3H2,(H,7,8);1H,4H2,2H3;2H,1H3;(H,2,3);/q;;;;;;;;+1. The molecule has 4 fully saturated rings. The maximum atomic E-state index is 11.3. The van der Waals surface area contributed by atoms with Crippen LogP contribution in [0.2, 0.25) is 0 Å². The number of ether oxygens (including phenoxy) is 7. The predicted molar refractivity (Wildman–Crippen MR) is 222 cm³/mol. The molecular formula is C37H56N10NaO20+. The number of hydrogen-bond acceptors (Lipinski definition) is 24. The zero-order chi connectivity index (χ0) is 50.0. The second-order valence-electron chi connectivity index (χ2n) is 12.9. The van der Waals surface area contributed by atoms with Crippen molar-refractivity contribution in [1.29, 1.82) is 0 Å². The number of morpholine rings is 3. The van der Waals surface area contributed by atoms with Crippen LogP contribution in [0.25, 0.3) is 0 Å². The molecule has 2 aromatic rings. The number of nitrogens with two attached hydrogens (primary N) is 1. The number of carbonyl (C=O) groups excluding carboxylic acids is 4. The van der Waals surface area contributed by atoms with Gasteiger partial charge in [0.1, 0.15) is 11.7 Å². The van der Waals surface area contributed by atoms with E-state index in [1.807, 2.05) is 9.69 Å². The van der Waals surface area contributed by atoms with Crippen molar-refractivity contribution in [2.75, 3.05) is 92.8 Å². The third-order valence-corrected chi connectivity index (χ3v) is 8.59. The first-order valence-electron chi connectivity index (χ1n) is 20.1. The van der Waals surface area contributed by atoms with Gasteiger partial charge < -0.3 is 63.9 Å². The van der Waals surface area contributed by atoms with E-state index in [0.29, 0.717) is 90.5 Å². The van der Waals surface area contributed by atoms with E-state index >= 15 is 0 Å². The van der Waals surface area contributed by atoms with Crippen molar-refractivity contribution in [3.63, 3.8) is 0 Å². The van der Waals surface area contributed by atoms with Crippen LogP contribution in [0.1, 0.15) is 46.2 Å². The zero-order valence-corrected chi connectivity index (χ0v) is 40.0. The van der Waals surface area contributed by atoms with E-state index < -0.39 is 30.0 Å². The molecule has 6 aliphatic rings. The first-order chi connectivity index (χ1) is 32.4. The molecule has 4 saturated heterocycles. The van der Waals surface area contributed by atoms with Crippen LogP contribution in [0, 0.1) is 27.4 Å². The van der Waals surface area contributed by atoms with E-state index in [2.05, 4.69) is 36.8 Å². The number of carboxylic acid groups (broad SMARTS) is 2. The van der Waals surface area contributed by atoms with Gasteiger partial charge in [0.05, 0.1) is 122 Å². The molecule has 2 aromatic heterocycles. The molecule has 31 heteroatoms. The Kier molecular flexibility index (Phi) is 34.4. The van der Waals surface area contributed by atoms with Crippen LogP contribution in [0.5, 0.6) is 0 Å². The van der Waals surface area contributed by atoms with Crippen LogP contribution in [-0.2, 0) is 83.5 Å². The fourth-order valence-electron chi connectivity index (χ4n) is 5.50. The van der Waals surface area contributed by atoms with E-state index in [4.69, 9.17) is 53.9 Å². The Morgan fingerprint density at radius 3 is 1.91 bits per heavy atom. The molecule has 0 spiro atoms. The van der Waals surface area contributed by atoms with Gasteiger partial charge in [-0.3, -0.25) is 23.8 Å². The van der Waals surface area contributed by atoms with Gasteiger partial charge >= 0.3 is 59.4 Å². The Morgan fingerprint density at radius 2 is 1.46 bits per heavy atom. The molecule has 68 heavy (non-hydrogen) atoms. The van der Waals surface area contributed by atoms with Crippen LogP contribution < -0.4 is 40.5 Å². The van der Waals surface area contributed by atoms with Crippen molar-refractivity contribution < 1.29 is 117 Å². The fraction of sp³-hybridized carbons (Fsp3) is 0.622. The second-order valence-corrected chi connectivity index (χ2v) is 12.9. The molecule has 8 heterocycles. The van der Waals surface area contributed by atoms with Crippen LogP contribution in [0.3, 0.4) is 0 Å².